The summed E-state index contributed by atoms with van der Waals surface area (Å²) < 4.78 is 23.4. The number of likely N-dealkylation sites (N-methyl/N-ethyl adjacent to an activating group) is 1. The zero-order valence-corrected chi connectivity index (χ0v) is 22.8. The largest absolute Gasteiger partial charge is 0.756 e. The maximum Gasteiger partial charge on any atom is 0.268 e. The van der Waals surface area contributed by atoms with E-state index in [1.165, 1.54) is 83.5 Å². The van der Waals surface area contributed by atoms with Crippen LogP contribution in [-0.2, 0) is 13.6 Å². The summed E-state index contributed by atoms with van der Waals surface area (Å²) >= 11 is 0. The molecule has 196 valence electrons. The van der Waals surface area contributed by atoms with Gasteiger partial charge in [-0.15, -0.1) is 0 Å². The van der Waals surface area contributed by atoms with Crippen molar-refractivity contribution in [3.8, 4) is 0 Å². The van der Waals surface area contributed by atoms with Crippen LogP contribution >= 0.6 is 7.82 Å². The maximum atomic E-state index is 12.1. The van der Waals surface area contributed by atoms with Crippen LogP contribution in [-0.4, -0.2) is 43.9 Å². The van der Waals surface area contributed by atoms with E-state index in [1.807, 2.05) is 6.08 Å². The molecule has 0 aliphatic carbocycles. The number of quaternary nitrogens is 1. The molecule has 0 amide bonds. The molecule has 0 aromatic carbocycles. The fourth-order valence-corrected chi connectivity index (χ4v) is 5.80. The van der Waals surface area contributed by atoms with E-state index >= 15 is 0 Å². The van der Waals surface area contributed by atoms with Crippen LogP contribution in [0, 0.1) is 0 Å². The zero-order chi connectivity index (χ0) is 24.3. The van der Waals surface area contributed by atoms with Gasteiger partial charge in [0.15, 0.2) is 0 Å². The summed E-state index contributed by atoms with van der Waals surface area (Å²) in [6.45, 7) is 9.07. The number of rotatable bonds is 22. The van der Waals surface area contributed by atoms with Gasteiger partial charge in [0, 0.05) is 12.8 Å². The van der Waals surface area contributed by atoms with Crippen molar-refractivity contribution in [3.05, 3.63) is 12.7 Å². The third kappa shape index (κ3) is 17.0. The molecule has 6 heteroatoms. The first kappa shape index (κ1) is 30.8. The van der Waals surface area contributed by atoms with Gasteiger partial charge in [0.2, 0.25) is 0 Å². The minimum Gasteiger partial charge on any atom is -0.756 e. The number of likely N-dealkylation sites (tertiary alicyclic amines) is 1. The van der Waals surface area contributed by atoms with Gasteiger partial charge in [0.05, 0.1) is 39.4 Å². The Morgan fingerprint density at radius 2 is 1.27 bits per heavy atom. The average molecular weight is 488 g/mol. The quantitative estimate of drug-likeness (QED) is 0.0685. The second-order valence-electron chi connectivity index (χ2n) is 10.4. The fourth-order valence-electron chi connectivity index (χ4n) is 4.81. The number of piperidine rings is 1. The van der Waals surface area contributed by atoms with Crippen LogP contribution in [0.25, 0.3) is 0 Å². The summed E-state index contributed by atoms with van der Waals surface area (Å²) in [4.78, 5) is 12.1. The van der Waals surface area contributed by atoms with Gasteiger partial charge in [0.1, 0.15) is 0 Å². The number of unbranched alkanes of at least 4 members (excludes halogenated alkanes) is 15. The van der Waals surface area contributed by atoms with Crippen molar-refractivity contribution in [2.24, 2.45) is 0 Å². The Balaban J connectivity index is 1.88. The summed E-state index contributed by atoms with van der Waals surface area (Å²) in [6.07, 6.45) is 24.0. The van der Waals surface area contributed by atoms with Crippen LogP contribution in [0.15, 0.2) is 12.7 Å². The van der Waals surface area contributed by atoms with Gasteiger partial charge < -0.3 is 18.4 Å². The Bertz CT molecular complexity index is 520. The molecular formula is C27H54NO4P. The monoisotopic (exact) mass is 487 g/mol. The normalized spacial score (nSPS) is 22.8. The van der Waals surface area contributed by atoms with Gasteiger partial charge in [-0.2, -0.15) is 0 Å². The molecule has 0 aromatic heterocycles. The van der Waals surface area contributed by atoms with E-state index in [9.17, 15) is 9.46 Å². The molecule has 1 fully saturated rings. The molecular weight excluding hydrogens is 433 g/mol. The Labute approximate surface area is 205 Å². The highest BCUT2D eigenvalue weighted by Crippen LogP contribution is 2.42. The van der Waals surface area contributed by atoms with Crippen molar-refractivity contribution in [2.45, 2.75) is 129 Å². The van der Waals surface area contributed by atoms with Gasteiger partial charge in [-0.1, -0.05) is 110 Å². The molecule has 5 nitrogen and oxygen atoms in total. The minimum atomic E-state index is -4.19. The summed E-state index contributed by atoms with van der Waals surface area (Å²) in [5.74, 6) is 0. The van der Waals surface area contributed by atoms with Crippen molar-refractivity contribution in [2.75, 3.05) is 33.3 Å². The van der Waals surface area contributed by atoms with Gasteiger partial charge in [-0.3, -0.25) is 4.57 Å². The van der Waals surface area contributed by atoms with Crippen LogP contribution < -0.4 is 4.89 Å². The molecule has 1 aliphatic rings. The third-order valence-corrected chi connectivity index (χ3v) is 8.13. The predicted molar refractivity (Wildman–Crippen MR) is 138 cm³/mol. The molecule has 1 saturated heterocycles. The smallest absolute Gasteiger partial charge is 0.268 e. The first-order valence-corrected chi connectivity index (χ1v) is 15.5. The van der Waals surface area contributed by atoms with Crippen molar-refractivity contribution in [1.82, 2.24) is 0 Å². The topological polar surface area (TPSA) is 58.6 Å². The zero-order valence-electron chi connectivity index (χ0n) is 21.9. The molecule has 1 atom stereocenters. The number of hydrogen-bond donors (Lipinski definition) is 0. The van der Waals surface area contributed by atoms with E-state index in [0.717, 1.165) is 56.2 Å². The molecule has 0 spiro atoms. The van der Waals surface area contributed by atoms with Crippen molar-refractivity contribution >= 4 is 7.82 Å². The SMILES string of the molecule is C=CC[N+]1(C)CCC(OP(=O)([O-])OCCCCCCCCCCCCCCCCCC)CC1. The van der Waals surface area contributed by atoms with E-state index in [-0.39, 0.29) is 12.7 Å². The van der Waals surface area contributed by atoms with E-state index in [1.54, 1.807) is 0 Å². The van der Waals surface area contributed by atoms with E-state index < -0.39 is 7.82 Å². The van der Waals surface area contributed by atoms with E-state index in [2.05, 4.69) is 20.6 Å². The number of phosphoric acid groups is 1. The Morgan fingerprint density at radius 1 is 0.848 bits per heavy atom. The Kier molecular flexibility index (Phi) is 17.8. The number of nitrogens with zero attached hydrogens (tertiary/aromatic N) is 1. The second-order valence-corrected chi connectivity index (χ2v) is 11.8. The molecule has 33 heavy (non-hydrogen) atoms. The van der Waals surface area contributed by atoms with Gasteiger partial charge in [-0.05, 0) is 12.5 Å². The van der Waals surface area contributed by atoms with Gasteiger partial charge in [0.25, 0.3) is 7.82 Å². The fraction of sp³-hybridized carbons (Fsp3) is 0.926. The molecule has 0 radical (unpaired) electrons. The van der Waals surface area contributed by atoms with Crippen LogP contribution in [0.3, 0.4) is 0 Å². The average Bonchev–Trinajstić information content (AvgIpc) is 2.77. The third-order valence-electron chi connectivity index (χ3n) is 7.08. The van der Waals surface area contributed by atoms with Gasteiger partial charge in [-0.25, -0.2) is 0 Å². The molecule has 0 saturated carbocycles. The molecule has 0 bridgehead atoms. The summed E-state index contributed by atoms with van der Waals surface area (Å²) in [7, 11) is -2.00. The molecule has 1 unspecified atom stereocenters. The van der Waals surface area contributed by atoms with Crippen LogP contribution in [0.2, 0.25) is 0 Å². The Hall–Kier alpha value is -0.190. The molecule has 1 aliphatic heterocycles. The predicted octanol–water partition coefficient (Wildman–Crippen LogP) is 7.54. The number of phosphoric ester groups is 1. The molecule has 0 aromatic rings. The highest BCUT2D eigenvalue weighted by atomic mass is 31.2. The number of hydrogen-bond acceptors (Lipinski definition) is 4. The van der Waals surface area contributed by atoms with E-state index in [4.69, 9.17) is 9.05 Å². The summed E-state index contributed by atoms with van der Waals surface area (Å²) in [6, 6.07) is 0. The minimum absolute atomic E-state index is 0.241. The lowest BCUT2D eigenvalue weighted by Gasteiger charge is -2.40. The van der Waals surface area contributed by atoms with Crippen molar-refractivity contribution < 1.29 is 23.0 Å². The van der Waals surface area contributed by atoms with Crippen LogP contribution in [0.5, 0.6) is 0 Å². The van der Waals surface area contributed by atoms with Crippen LogP contribution in [0.1, 0.15) is 122 Å². The molecule has 1 heterocycles. The van der Waals surface area contributed by atoms with Gasteiger partial charge >= 0.3 is 0 Å². The highest BCUT2D eigenvalue weighted by Gasteiger charge is 2.31. The standard InChI is InChI=1S/C27H54NO4P/c1-4-6-7-8-9-10-11-12-13-14-15-16-17-18-19-20-26-31-33(29,30)32-27-21-24-28(3,23-5-2)25-22-27/h5,27H,2,4,6-26H2,1,3H3. The first-order valence-electron chi connectivity index (χ1n) is 14.0. The van der Waals surface area contributed by atoms with Crippen LogP contribution in [0.4, 0.5) is 0 Å². The van der Waals surface area contributed by atoms with Crippen molar-refractivity contribution in [3.63, 3.8) is 0 Å². The second kappa shape index (κ2) is 19.1. The lowest BCUT2D eigenvalue weighted by molar-refractivity contribution is -0.909. The lowest BCUT2D eigenvalue weighted by Crippen LogP contribution is -2.51. The Morgan fingerprint density at radius 3 is 1.70 bits per heavy atom. The highest BCUT2D eigenvalue weighted by molar-refractivity contribution is 7.45. The summed E-state index contributed by atoms with van der Waals surface area (Å²) in [5, 5.41) is 0. The first-order chi connectivity index (χ1) is 15.9. The maximum absolute atomic E-state index is 12.1. The summed E-state index contributed by atoms with van der Waals surface area (Å²) in [5.41, 5.74) is 0. The molecule has 0 N–H and O–H groups in total. The van der Waals surface area contributed by atoms with E-state index in [0.29, 0.717) is 0 Å². The molecule has 1 rings (SSSR count). The lowest BCUT2D eigenvalue weighted by atomic mass is 10.0. The van der Waals surface area contributed by atoms with Crippen molar-refractivity contribution in [1.29, 1.82) is 0 Å².